The number of allylic oxidation sites excluding steroid dienone is 1. The van der Waals surface area contributed by atoms with Gasteiger partial charge < -0.3 is 0 Å². The van der Waals surface area contributed by atoms with Crippen molar-refractivity contribution in [2.24, 2.45) is 7.05 Å². The lowest BCUT2D eigenvalue weighted by atomic mass is 9.79. The first-order valence-corrected chi connectivity index (χ1v) is 8.60. The maximum absolute atomic E-state index is 13.5. The molecule has 0 fully saturated rings. The second-order valence-corrected chi connectivity index (χ2v) is 6.68. The van der Waals surface area contributed by atoms with Gasteiger partial charge in [0.1, 0.15) is 0 Å². The zero-order valence-electron chi connectivity index (χ0n) is 14.8. The molecular formula is C20H16F3N3O2. The SMILES string of the molecule is Cn1c(=O)[nH]n([C@H]2c3cccc(C(F)(F)F)c3C=C[C@@H]2c2ccccc2)c1=O. The normalized spacial score (nSPS) is 18.9. The van der Waals surface area contributed by atoms with E-state index in [0.717, 1.165) is 20.9 Å². The third-order valence-corrected chi connectivity index (χ3v) is 5.05. The van der Waals surface area contributed by atoms with E-state index >= 15 is 0 Å². The van der Waals surface area contributed by atoms with Gasteiger partial charge in [-0.2, -0.15) is 13.2 Å². The molecule has 1 aromatic heterocycles. The molecule has 1 heterocycles. The zero-order valence-corrected chi connectivity index (χ0v) is 14.8. The maximum Gasteiger partial charge on any atom is 0.416 e. The van der Waals surface area contributed by atoms with Crippen molar-refractivity contribution >= 4 is 6.08 Å². The smallest absolute Gasteiger partial charge is 0.246 e. The molecule has 2 atom stereocenters. The van der Waals surface area contributed by atoms with Crippen molar-refractivity contribution in [3.8, 4) is 0 Å². The molecular weight excluding hydrogens is 371 g/mol. The van der Waals surface area contributed by atoms with E-state index in [-0.39, 0.29) is 5.56 Å². The van der Waals surface area contributed by atoms with Crippen LogP contribution in [-0.2, 0) is 13.2 Å². The molecule has 8 heteroatoms. The van der Waals surface area contributed by atoms with Gasteiger partial charge >= 0.3 is 17.6 Å². The molecule has 4 rings (SSSR count). The largest absolute Gasteiger partial charge is 0.416 e. The highest BCUT2D eigenvalue weighted by atomic mass is 19.4. The highest BCUT2D eigenvalue weighted by molar-refractivity contribution is 5.64. The number of alkyl halides is 3. The summed E-state index contributed by atoms with van der Waals surface area (Å²) in [5, 5.41) is 2.48. The molecule has 1 aliphatic carbocycles. The van der Waals surface area contributed by atoms with Crippen LogP contribution < -0.4 is 11.4 Å². The molecule has 0 bridgehead atoms. The number of hydrogen-bond acceptors (Lipinski definition) is 2. The Morgan fingerprint density at radius 1 is 1.00 bits per heavy atom. The van der Waals surface area contributed by atoms with Gasteiger partial charge in [-0.15, -0.1) is 0 Å². The number of H-pyrrole nitrogens is 1. The van der Waals surface area contributed by atoms with Gasteiger partial charge in [-0.25, -0.2) is 23.9 Å². The predicted octanol–water partition coefficient (Wildman–Crippen LogP) is 3.29. The summed E-state index contributed by atoms with van der Waals surface area (Å²) in [6.45, 7) is 0. The molecule has 0 spiro atoms. The highest BCUT2D eigenvalue weighted by Gasteiger charge is 2.38. The van der Waals surface area contributed by atoms with Crippen LogP contribution in [0.1, 0.15) is 34.2 Å². The Hall–Kier alpha value is -3.29. The number of fused-ring (bicyclic) bond motifs is 1. The van der Waals surface area contributed by atoms with Gasteiger partial charge in [0.2, 0.25) is 0 Å². The van der Waals surface area contributed by atoms with E-state index in [1.165, 1.54) is 19.2 Å². The minimum atomic E-state index is -4.53. The summed E-state index contributed by atoms with van der Waals surface area (Å²) in [4.78, 5) is 24.6. The lowest BCUT2D eigenvalue weighted by Crippen LogP contribution is -2.33. The number of nitrogens with one attached hydrogen (secondary N) is 1. The summed E-state index contributed by atoms with van der Waals surface area (Å²) in [5.41, 5.74) is -0.860. The average Bonchev–Trinajstić information content (AvgIpc) is 2.93. The third-order valence-electron chi connectivity index (χ3n) is 5.05. The average molecular weight is 387 g/mol. The Kier molecular flexibility index (Phi) is 4.14. The molecule has 0 aliphatic heterocycles. The topological polar surface area (TPSA) is 59.8 Å². The Balaban J connectivity index is 2.00. The van der Waals surface area contributed by atoms with Gasteiger partial charge in [-0.3, -0.25) is 0 Å². The molecule has 28 heavy (non-hydrogen) atoms. The van der Waals surface area contributed by atoms with Gasteiger partial charge in [0, 0.05) is 13.0 Å². The lowest BCUT2D eigenvalue weighted by Gasteiger charge is -2.31. The Bertz CT molecular complexity index is 1170. The number of hydrogen-bond donors (Lipinski definition) is 1. The second kappa shape index (κ2) is 6.40. The molecule has 0 radical (unpaired) electrons. The van der Waals surface area contributed by atoms with Crippen LogP contribution in [0.4, 0.5) is 13.2 Å². The van der Waals surface area contributed by atoms with E-state index in [0.29, 0.717) is 5.56 Å². The van der Waals surface area contributed by atoms with Crippen LogP contribution in [0, 0.1) is 0 Å². The van der Waals surface area contributed by atoms with Gasteiger partial charge in [0.05, 0.1) is 11.6 Å². The minimum absolute atomic E-state index is 0.00350. The van der Waals surface area contributed by atoms with E-state index in [9.17, 15) is 22.8 Å². The van der Waals surface area contributed by atoms with Crippen molar-refractivity contribution in [3.63, 3.8) is 0 Å². The summed E-state index contributed by atoms with van der Waals surface area (Å²) < 4.78 is 42.5. The van der Waals surface area contributed by atoms with Crippen molar-refractivity contribution in [3.05, 3.63) is 97.8 Å². The fraction of sp³-hybridized carbons (Fsp3) is 0.200. The zero-order chi connectivity index (χ0) is 20.1. The number of benzene rings is 2. The van der Waals surface area contributed by atoms with Crippen LogP contribution in [0.15, 0.2) is 64.2 Å². The van der Waals surface area contributed by atoms with Crippen LogP contribution >= 0.6 is 0 Å². The second-order valence-electron chi connectivity index (χ2n) is 6.68. The van der Waals surface area contributed by atoms with Crippen molar-refractivity contribution in [2.45, 2.75) is 18.1 Å². The van der Waals surface area contributed by atoms with Crippen molar-refractivity contribution in [2.75, 3.05) is 0 Å². The molecule has 1 aliphatic rings. The molecule has 1 N–H and O–H groups in total. The third kappa shape index (κ3) is 2.81. The molecule has 2 aromatic carbocycles. The summed E-state index contributed by atoms with van der Waals surface area (Å²) in [6, 6.07) is 12.2. The lowest BCUT2D eigenvalue weighted by molar-refractivity contribution is -0.137. The summed E-state index contributed by atoms with van der Waals surface area (Å²) in [5.74, 6) is -0.423. The van der Waals surface area contributed by atoms with E-state index < -0.39 is 35.1 Å². The molecule has 0 unspecified atom stereocenters. The number of aromatic amines is 1. The molecule has 3 aromatic rings. The number of halogens is 3. The molecule has 0 saturated carbocycles. The van der Waals surface area contributed by atoms with Crippen molar-refractivity contribution < 1.29 is 13.2 Å². The monoisotopic (exact) mass is 387 g/mol. The van der Waals surface area contributed by atoms with Gasteiger partial charge in [-0.05, 0) is 22.8 Å². The fourth-order valence-electron chi connectivity index (χ4n) is 3.70. The minimum Gasteiger partial charge on any atom is -0.246 e. The van der Waals surface area contributed by atoms with Crippen molar-refractivity contribution in [1.29, 1.82) is 0 Å². The quantitative estimate of drug-likeness (QED) is 0.734. The molecule has 0 saturated heterocycles. The maximum atomic E-state index is 13.5. The van der Waals surface area contributed by atoms with Gasteiger partial charge in [0.25, 0.3) is 0 Å². The Labute approximate surface area is 157 Å². The van der Waals surface area contributed by atoms with Crippen LogP contribution in [-0.4, -0.2) is 14.3 Å². The van der Waals surface area contributed by atoms with Crippen molar-refractivity contribution in [1.82, 2.24) is 14.3 Å². The standard InChI is InChI=1S/C20H16F3N3O2/c1-25-18(27)24-26(19(25)28)17-13(12-6-3-2-4-7-12)10-11-14-15(17)8-5-9-16(14)20(21,22)23/h2-11,13,17H,1H3,(H,24,27)/t13-,17-/m1/s1. The molecule has 0 amide bonds. The Morgan fingerprint density at radius 2 is 1.71 bits per heavy atom. The number of nitrogens with zero attached hydrogens (tertiary/aromatic N) is 2. The number of aromatic nitrogens is 3. The van der Waals surface area contributed by atoms with E-state index in [2.05, 4.69) is 5.10 Å². The first-order chi connectivity index (χ1) is 13.3. The van der Waals surface area contributed by atoms with Gasteiger partial charge in [0.15, 0.2) is 0 Å². The van der Waals surface area contributed by atoms with Crippen LogP contribution in [0.3, 0.4) is 0 Å². The predicted molar refractivity (Wildman–Crippen MR) is 98.1 cm³/mol. The van der Waals surface area contributed by atoms with Crippen LogP contribution in [0.25, 0.3) is 6.08 Å². The summed E-state index contributed by atoms with van der Waals surface area (Å²) in [6.07, 6.45) is -1.44. The molecule has 144 valence electrons. The first kappa shape index (κ1) is 18.1. The summed E-state index contributed by atoms with van der Waals surface area (Å²) >= 11 is 0. The van der Waals surface area contributed by atoms with E-state index in [1.54, 1.807) is 12.1 Å². The van der Waals surface area contributed by atoms with E-state index in [1.807, 2.05) is 30.3 Å². The van der Waals surface area contributed by atoms with Gasteiger partial charge in [-0.1, -0.05) is 54.6 Å². The Morgan fingerprint density at radius 3 is 2.32 bits per heavy atom. The number of rotatable bonds is 2. The summed E-state index contributed by atoms with van der Waals surface area (Å²) in [7, 11) is 1.32. The van der Waals surface area contributed by atoms with E-state index in [4.69, 9.17) is 0 Å². The fourth-order valence-corrected chi connectivity index (χ4v) is 3.70. The van der Waals surface area contributed by atoms with Crippen LogP contribution in [0.5, 0.6) is 0 Å². The first-order valence-electron chi connectivity index (χ1n) is 8.60. The van der Waals surface area contributed by atoms with Crippen LogP contribution in [0.2, 0.25) is 0 Å². The highest BCUT2D eigenvalue weighted by Crippen LogP contribution is 2.44. The molecule has 5 nitrogen and oxygen atoms in total.